The molecule has 9 nitrogen and oxygen atoms in total. The highest BCUT2D eigenvalue weighted by atomic mass is 32.2. The first-order valence-electron chi connectivity index (χ1n) is 14.4. The van der Waals surface area contributed by atoms with Gasteiger partial charge in [-0.05, 0) is 54.7 Å². The molecule has 0 bridgehead atoms. The Bertz CT molecular complexity index is 1680. The van der Waals surface area contributed by atoms with Gasteiger partial charge in [-0.3, -0.25) is 9.59 Å². The standard InChI is InChI=1S/C33H35N3O6S/c1-2-24(20-37)35-33(39)27-11-6-7-14-32(27)43(40,41)21-28-25-12-8-13-29(38)26(25)15-16-30(28)42-31(19-36-18-17-34-22-36)23-9-4-3-5-10-23/h3-7,9-11,14-18,22,24,31,37H,2,8,12-13,19-21H2,1H3,(H,35,39)/t24-,31-/m1/s1. The summed E-state index contributed by atoms with van der Waals surface area (Å²) in [6.45, 7) is 1.99. The number of aliphatic hydroxyl groups is 1. The molecule has 0 saturated carbocycles. The van der Waals surface area contributed by atoms with E-state index in [-0.39, 0.29) is 22.8 Å². The van der Waals surface area contributed by atoms with E-state index in [9.17, 15) is 23.1 Å². The summed E-state index contributed by atoms with van der Waals surface area (Å²) in [4.78, 5) is 30.0. The summed E-state index contributed by atoms with van der Waals surface area (Å²) in [6, 6.07) is 18.6. The summed E-state index contributed by atoms with van der Waals surface area (Å²) in [7, 11) is -4.09. The Balaban J connectivity index is 1.56. The van der Waals surface area contributed by atoms with E-state index < -0.39 is 33.6 Å². The highest BCUT2D eigenvalue weighted by molar-refractivity contribution is 7.90. The van der Waals surface area contributed by atoms with Crippen molar-refractivity contribution in [3.8, 4) is 5.75 Å². The summed E-state index contributed by atoms with van der Waals surface area (Å²) >= 11 is 0. The van der Waals surface area contributed by atoms with Crippen molar-refractivity contribution >= 4 is 21.5 Å². The fourth-order valence-corrected chi connectivity index (χ4v) is 7.03. The van der Waals surface area contributed by atoms with Gasteiger partial charge in [0.1, 0.15) is 11.9 Å². The second kappa shape index (κ2) is 13.4. The Labute approximate surface area is 251 Å². The minimum atomic E-state index is -4.09. The molecular formula is C33H35N3O6S. The number of amides is 1. The van der Waals surface area contributed by atoms with Crippen LogP contribution in [0.5, 0.6) is 5.75 Å². The van der Waals surface area contributed by atoms with E-state index >= 15 is 0 Å². The van der Waals surface area contributed by atoms with Crippen LogP contribution in [0.4, 0.5) is 0 Å². The van der Waals surface area contributed by atoms with Crippen LogP contribution in [0.25, 0.3) is 0 Å². The molecule has 0 aliphatic heterocycles. The number of hydrogen-bond acceptors (Lipinski definition) is 7. The van der Waals surface area contributed by atoms with Crippen LogP contribution in [-0.4, -0.2) is 47.4 Å². The number of nitrogens with one attached hydrogen (secondary N) is 1. The van der Waals surface area contributed by atoms with Crippen LogP contribution in [-0.2, 0) is 28.6 Å². The summed E-state index contributed by atoms with van der Waals surface area (Å²) in [5.74, 6) is -0.684. The van der Waals surface area contributed by atoms with E-state index in [2.05, 4.69) is 10.3 Å². The number of benzene rings is 3. The molecule has 1 heterocycles. The number of Topliss-reactive ketones (excluding diaryl/α,β-unsaturated/α-hetero) is 1. The Morgan fingerprint density at radius 2 is 1.84 bits per heavy atom. The van der Waals surface area contributed by atoms with E-state index in [1.165, 1.54) is 12.1 Å². The topological polar surface area (TPSA) is 128 Å². The van der Waals surface area contributed by atoms with Gasteiger partial charge >= 0.3 is 0 Å². The normalized spacial score (nSPS) is 14.5. The van der Waals surface area contributed by atoms with Gasteiger partial charge in [0.05, 0.1) is 41.7 Å². The van der Waals surface area contributed by atoms with Crippen molar-refractivity contribution in [2.24, 2.45) is 0 Å². The molecule has 1 aliphatic rings. The summed E-state index contributed by atoms with van der Waals surface area (Å²) in [5, 5.41) is 12.3. The lowest BCUT2D eigenvalue weighted by Crippen LogP contribution is -2.37. The molecule has 2 N–H and O–H groups in total. The van der Waals surface area contributed by atoms with Crippen LogP contribution in [0.3, 0.4) is 0 Å². The van der Waals surface area contributed by atoms with Crippen molar-refractivity contribution in [1.29, 1.82) is 0 Å². The van der Waals surface area contributed by atoms with Gasteiger partial charge in [0.2, 0.25) is 0 Å². The number of aromatic nitrogens is 2. The van der Waals surface area contributed by atoms with Crippen LogP contribution >= 0.6 is 0 Å². The lowest BCUT2D eigenvalue weighted by molar-refractivity contribution is 0.0910. The molecule has 224 valence electrons. The second-order valence-corrected chi connectivity index (χ2v) is 12.6. The second-order valence-electron chi connectivity index (χ2n) is 10.6. The molecule has 1 amide bonds. The number of fused-ring (bicyclic) bond motifs is 1. The molecule has 4 aromatic rings. The maximum absolute atomic E-state index is 14.1. The number of ether oxygens (including phenoxy) is 1. The van der Waals surface area contributed by atoms with E-state index in [4.69, 9.17) is 4.74 Å². The number of imidazole rings is 1. The van der Waals surface area contributed by atoms with E-state index in [0.29, 0.717) is 54.7 Å². The predicted octanol–water partition coefficient (Wildman–Crippen LogP) is 4.70. The average Bonchev–Trinajstić information content (AvgIpc) is 3.54. The smallest absolute Gasteiger partial charge is 0.252 e. The maximum atomic E-state index is 14.1. The molecule has 0 saturated heterocycles. The first-order valence-corrected chi connectivity index (χ1v) is 16.0. The third-order valence-electron chi connectivity index (χ3n) is 7.75. The molecule has 0 unspecified atom stereocenters. The largest absolute Gasteiger partial charge is 0.484 e. The lowest BCUT2D eigenvalue weighted by Gasteiger charge is -2.26. The minimum Gasteiger partial charge on any atom is -0.484 e. The Kier molecular flexibility index (Phi) is 9.37. The number of rotatable bonds is 12. The van der Waals surface area contributed by atoms with E-state index in [1.807, 2.05) is 48.0 Å². The number of ketones is 1. The summed E-state index contributed by atoms with van der Waals surface area (Å²) in [6.07, 6.45) is 6.77. The molecule has 1 aromatic heterocycles. The van der Waals surface area contributed by atoms with Crippen LogP contribution in [0.15, 0.2) is 90.3 Å². The number of aliphatic hydroxyl groups excluding tert-OH is 1. The zero-order valence-corrected chi connectivity index (χ0v) is 24.8. The number of nitrogens with zero attached hydrogens (tertiary/aromatic N) is 2. The van der Waals surface area contributed by atoms with E-state index in [1.54, 1.807) is 36.8 Å². The fraction of sp³-hybridized carbons (Fsp3) is 0.303. The Hall–Kier alpha value is -4.28. The molecule has 0 radical (unpaired) electrons. The fourth-order valence-electron chi connectivity index (χ4n) is 5.40. The molecule has 5 rings (SSSR count). The molecule has 2 atom stereocenters. The molecule has 1 aliphatic carbocycles. The summed E-state index contributed by atoms with van der Waals surface area (Å²) in [5.41, 5.74) is 2.50. The first kappa shape index (κ1) is 30.2. The molecule has 0 spiro atoms. The Morgan fingerprint density at radius 3 is 2.56 bits per heavy atom. The van der Waals surface area contributed by atoms with Crippen LogP contribution in [0.2, 0.25) is 0 Å². The van der Waals surface area contributed by atoms with Gasteiger partial charge < -0.3 is 19.7 Å². The number of hydrogen-bond donors (Lipinski definition) is 2. The van der Waals surface area contributed by atoms with Gasteiger partial charge in [-0.15, -0.1) is 0 Å². The Morgan fingerprint density at radius 1 is 1.07 bits per heavy atom. The van der Waals surface area contributed by atoms with Crippen molar-refractivity contribution in [1.82, 2.24) is 14.9 Å². The average molecular weight is 602 g/mol. The molecule has 3 aromatic carbocycles. The third-order valence-corrected chi connectivity index (χ3v) is 9.44. The molecule has 10 heteroatoms. The van der Waals surface area contributed by atoms with Gasteiger partial charge in [-0.1, -0.05) is 49.4 Å². The van der Waals surface area contributed by atoms with Crippen LogP contribution < -0.4 is 10.1 Å². The molecule has 0 fully saturated rings. The van der Waals surface area contributed by atoms with Crippen LogP contribution in [0, 0.1) is 0 Å². The van der Waals surface area contributed by atoms with Crippen LogP contribution in [0.1, 0.15) is 69.7 Å². The zero-order chi connectivity index (χ0) is 30.4. The van der Waals surface area contributed by atoms with E-state index in [0.717, 1.165) is 5.56 Å². The first-order chi connectivity index (χ1) is 20.8. The van der Waals surface area contributed by atoms with Crippen molar-refractivity contribution in [3.05, 3.63) is 113 Å². The highest BCUT2D eigenvalue weighted by Crippen LogP contribution is 2.37. The van der Waals surface area contributed by atoms with Crippen molar-refractivity contribution in [2.45, 2.75) is 61.9 Å². The molecule has 43 heavy (non-hydrogen) atoms. The van der Waals surface area contributed by atoms with Gasteiger partial charge in [-0.2, -0.15) is 0 Å². The number of carbonyl (C=O) groups is 2. The van der Waals surface area contributed by atoms with Crippen molar-refractivity contribution in [2.75, 3.05) is 6.61 Å². The monoisotopic (exact) mass is 601 g/mol. The van der Waals surface area contributed by atoms with Gasteiger partial charge in [0.25, 0.3) is 5.91 Å². The SMILES string of the molecule is CC[C@H](CO)NC(=O)c1ccccc1S(=O)(=O)Cc1c(O[C@H](Cn2ccnc2)c2ccccc2)ccc2c1CCCC2=O. The zero-order valence-electron chi connectivity index (χ0n) is 24.0. The van der Waals surface area contributed by atoms with Crippen molar-refractivity contribution < 1.29 is 27.9 Å². The maximum Gasteiger partial charge on any atom is 0.252 e. The van der Waals surface area contributed by atoms with Gasteiger partial charge in [0, 0.05) is 29.9 Å². The quantitative estimate of drug-likeness (QED) is 0.241. The predicted molar refractivity (Wildman–Crippen MR) is 162 cm³/mol. The van der Waals surface area contributed by atoms with Crippen molar-refractivity contribution in [3.63, 3.8) is 0 Å². The van der Waals surface area contributed by atoms with Gasteiger partial charge in [-0.25, -0.2) is 13.4 Å². The molecular weight excluding hydrogens is 566 g/mol. The third kappa shape index (κ3) is 6.87. The highest BCUT2D eigenvalue weighted by Gasteiger charge is 2.30. The lowest BCUT2D eigenvalue weighted by atomic mass is 9.87. The summed E-state index contributed by atoms with van der Waals surface area (Å²) < 4.78 is 36.7. The number of carbonyl (C=O) groups excluding carboxylic acids is 2. The van der Waals surface area contributed by atoms with Gasteiger partial charge in [0.15, 0.2) is 15.6 Å². The minimum absolute atomic E-state index is 0.0000124. The number of sulfone groups is 1.